The first kappa shape index (κ1) is 31.4. The van der Waals surface area contributed by atoms with E-state index in [1.807, 2.05) is 6.92 Å². The summed E-state index contributed by atoms with van der Waals surface area (Å²) in [5.41, 5.74) is 1.63. The molecule has 3 aromatic rings. The van der Waals surface area contributed by atoms with Gasteiger partial charge < -0.3 is 19.7 Å². The van der Waals surface area contributed by atoms with Gasteiger partial charge in [-0.3, -0.25) is 13.9 Å². The fraction of sp³-hybridized carbons (Fsp3) is 0.333. The zero-order valence-corrected chi connectivity index (χ0v) is 24.7. The predicted molar refractivity (Wildman–Crippen MR) is 155 cm³/mol. The van der Waals surface area contributed by atoms with Crippen molar-refractivity contribution in [2.75, 3.05) is 31.6 Å². The van der Waals surface area contributed by atoms with Crippen LogP contribution in [0.25, 0.3) is 0 Å². The van der Waals surface area contributed by atoms with Crippen molar-refractivity contribution in [3.8, 4) is 11.5 Å². The number of nitrogens with one attached hydrogen (secondary N) is 1. The molecule has 3 aromatic carbocycles. The minimum absolute atomic E-state index is 0.00784. The first-order chi connectivity index (χ1) is 19.5. The molecular formula is C30H36FN3O6S. The highest BCUT2D eigenvalue weighted by Crippen LogP contribution is 2.34. The molecule has 0 fully saturated rings. The Kier molecular flexibility index (Phi) is 10.7. The predicted octanol–water partition coefficient (Wildman–Crippen LogP) is 4.29. The number of halogens is 1. The lowest BCUT2D eigenvalue weighted by atomic mass is 10.1. The van der Waals surface area contributed by atoms with Crippen molar-refractivity contribution in [3.05, 3.63) is 83.7 Å². The Balaban J connectivity index is 2.11. The second-order valence-corrected chi connectivity index (χ2v) is 11.2. The summed E-state index contributed by atoms with van der Waals surface area (Å²) >= 11 is 0. The van der Waals surface area contributed by atoms with Crippen LogP contribution in [0.1, 0.15) is 31.4 Å². The normalized spacial score (nSPS) is 11.9. The smallest absolute Gasteiger partial charge is 0.264 e. The Morgan fingerprint density at radius 2 is 1.56 bits per heavy atom. The molecule has 11 heteroatoms. The molecular weight excluding hydrogens is 549 g/mol. The first-order valence-electron chi connectivity index (χ1n) is 13.2. The quantitative estimate of drug-likeness (QED) is 0.321. The van der Waals surface area contributed by atoms with E-state index in [0.29, 0.717) is 17.9 Å². The van der Waals surface area contributed by atoms with Gasteiger partial charge in [0.15, 0.2) is 11.5 Å². The monoisotopic (exact) mass is 585 g/mol. The minimum Gasteiger partial charge on any atom is -0.493 e. The topological polar surface area (TPSA) is 105 Å². The van der Waals surface area contributed by atoms with Crippen LogP contribution in [0, 0.1) is 12.7 Å². The van der Waals surface area contributed by atoms with Crippen molar-refractivity contribution in [2.45, 2.75) is 44.7 Å². The molecule has 0 unspecified atom stereocenters. The van der Waals surface area contributed by atoms with Gasteiger partial charge in [-0.1, -0.05) is 36.8 Å². The molecule has 0 aliphatic rings. The van der Waals surface area contributed by atoms with Gasteiger partial charge in [0.05, 0.1) is 24.8 Å². The third kappa shape index (κ3) is 7.55. The molecule has 0 aliphatic heterocycles. The summed E-state index contributed by atoms with van der Waals surface area (Å²) in [5, 5.41) is 2.75. The van der Waals surface area contributed by atoms with Gasteiger partial charge in [0.1, 0.15) is 18.4 Å². The van der Waals surface area contributed by atoms with Gasteiger partial charge in [-0.25, -0.2) is 12.8 Å². The van der Waals surface area contributed by atoms with Crippen LogP contribution < -0.4 is 19.1 Å². The van der Waals surface area contributed by atoms with Crippen LogP contribution in [0.2, 0.25) is 0 Å². The van der Waals surface area contributed by atoms with Crippen molar-refractivity contribution in [3.63, 3.8) is 0 Å². The number of benzene rings is 3. The first-order valence-corrected chi connectivity index (χ1v) is 14.6. The van der Waals surface area contributed by atoms with E-state index in [4.69, 9.17) is 9.47 Å². The van der Waals surface area contributed by atoms with Gasteiger partial charge in [0.2, 0.25) is 11.8 Å². The standard InChI is InChI=1S/C30H36FN3O6S/c1-6-26(30(36)32-7-2)33(19-22-10-12-23(31)13-11-22)29(35)20-34(24-14-17-27(39-4)28(18-24)40-5)41(37,38)25-15-8-21(3)9-16-25/h8-18,26H,6-7,19-20H2,1-5H3,(H,32,36)/t26-/m0/s1. The maximum Gasteiger partial charge on any atom is 0.264 e. The molecule has 1 N–H and O–H groups in total. The number of aryl methyl sites for hydroxylation is 1. The van der Waals surface area contributed by atoms with Crippen LogP contribution in [0.4, 0.5) is 10.1 Å². The third-order valence-electron chi connectivity index (χ3n) is 6.55. The van der Waals surface area contributed by atoms with Crippen LogP contribution in [-0.2, 0) is 26.2 Å². The zero-order chi connectivity index (χ0) is 30.2. The van der Waals surface area contributed by atoms with E-state index in [-0.39, 0.29) is 35.2 Å². The Morgan fingerprint density at radius 1 is 0.927 bits per heavy atom. The van der Waals surface area contributed by atoms with Gasteiger partial charge in [0.25, 0.3) is 10.0 Å². The van der Waals surface area contributed by atoms with Crippen LogP contribution in [0.15, 0.2) is 71.6 Å². The average molecular weight is 586 g/mol. The number of amides is 2. The number of nitrogens with zero attached hydrogens (tertiary/aromatic N) is 2. The van der Waals surface area contributed by atoms with Gasteiger partial charge in [-0.05, 0) is 62.2 Å². The molecule has 0 saturated carbocycles. The molecule has 0 aromatic heterocycles. The summed E-state index contributed by atoms with van der Waals surface area (Å²) in [6.07, 6.45) is 0.278. The highest BCUT2D eigenvalue weighted by atomic mass is 32.2. The van der Waals surface area contributed by atoms with Crippen LogP contribution in [0.3, 0.4) is 0 Å². The molecule has 220 valence electrons. The highest BCUT2D eigenvalue weighted by Gasteiger charge is 2.34. The maximum absolute atomic E-state index is 14.0. The van der Waals surface area contributed by atoms with E-state index in [1.165, 1.54) is 67.7 Å². The van der Waals surface area contributed by atoms with Crippen LogP contribution in [-0.4, -0.2) is 58.5 Å². The molecule has 0 heterocycles. The van der Waals surface area contributed by atoms with Gasteiger partial charge >= 0.3 is 0 Å². The second-order valence-electron chi connectivity index (χ2n) is 9.33. The number of hydrogen-bond acceptors (Lipinski definition) is 6. The summed E-state index contributed by atoms with van der Waals surface area (Å²) < 4.78 is 53.3. The Morgan fingerprint density at radius 3 is 2.12 bits per heavy atom. The molecule has 9 nitrogen and oxygen atoms in total. The Bertz CT molecular complexity index is 1450. The largest absolute Gasteiger partial charge is 0.493 e. The number of carbonyl (C=O) groups is 2. The second kappa shape index (κ2) is 14.0. The number of rotatable bonds is 13. The van der Waals surface area contributed by atoms with E-state index in [1.54, 1.807) is 32.0 Å². The number of methoxy groups -OCH3 is 2. The molecule has 0 aliphatic carbocycles. The van der Waals surface area contributed by atoms with Crippen molar-refractivity contribution < 1.29 is 31.9 Å². The number of anilines is 1. The van der Waals surface area contributed by atoms with Gasteiger partial charge in [0, 0.05) is 19.2 Å². The third-order valence-corrected chi connectivity index (χ3v) is 8.33. The van der Waals surface area contributed by atoms with Crippen LogP contribution >= 0.6 is 0 Å². The van der Waals surface area contributed by atoms with E-state index >= 15 is 0 Å². The van der Waals surface area contributed by atoms with E-state index in [9.17, 15) is 22.4 Å². The molecule has 41 heavy (non-hydrogen) atoms. The van der Waals surface area contributed by atoms with Crippen molar-refractivity contribution >= 4 is 27.5 Å². The summed E-state index contributed by atoms with van der Waals surface area (Å²) in [6.45, 7) is 5.09. The summed E-state index contributed by atoms with van der Waals surface area (Å²) in [5.74, 6) is -0.761. The number of ether oxygens (including phenoxy) is 2. The summed E-state index contributed by atoms with van der Waals surface area (Å²) in [7, 11) is -1.36. The van der Waals surface area contributed by atoms with Gasteiger partial charge in [-0.2, -0.15) is 0 Å². The lowest BCUT2D eigenvalue weighted by Crippen LogP contribution is -2.52. The SMILES string of the molecule is CCNC(=O)[C@H](CC)N(Cc1ccc(F)cc1)C(=O)CN(c1ccc(OC)c(OC)c1)S(=O)(=O)c1ccc(C)cc1. The highest BCUT2D eigenvalue weighted by molar-refractivity contribution is 7.92. The lowest BCUT2D eigenvalue weighted by molar-refractivity contribution is -0.140. The van der Waals surface area contributed by atoms with Crippen molar-refractivity contribution in [2.24, 2.45) is 0 Å². The van der Waals surface area contributed by atoms with Crippen molar-refractivity contribution in [1.29, 1.82) is 0 Å². The molecule has 3 rings (SSSR count). The molecule has 0 bridgehead atoms. The lowest BCUT2D eigenvalue weighted by Gasteiger charge is -2.33. The molecule has 2 amide bonds. The molecule has 0 saturated heterocycles. The summed E-state index contributed by atoms with van der Waals surface area (Å²) in [6, 6.07) is 15.5. The van der Waals surface area contributed by atoms with E-state index in [0.717, 1.165) is 9.87 Å². The minimum atomic E-state index is -4.25. The fourth-order valence-electron chi connectivity index (χ4n) is 4.34. The average Bonchev–Trinajstić information content (AvgIpc) is 2.96. The fourth-order valence-corrected chi connectivity index (χ4v) is 5.75. The maximum atomic E-state index is 14.0. The van der Waals surface area contributed by atoms with Crippen LogP contribution in [0.5, 0.6) is 11.5 Å². The number of sulfonamides is 1. The Hall–Kier alpha value is -4.12. The van der Waals surface area contributed by atoms with E-state index < -0.39 is 34.3 Å². The van der Waals surface area contributed by atoms with E-state index in [2.05, 4.69) is 5.32 Å². The Labute approximate surface area is 240 Å². The van der Waals surface area contributed by atoms with Crippen molar-refractivity contribution in [1.82, 2.24) is 10.2 Å². The molecule has 1 atom stereocenters. The number of carbonyl (C=O) groups excluding carboxylic acids is 2. The molecule has 0 spiro atoms. The number of hydrogen-bond donors (Lipinski definition) is 1. The zero-order valence-electron chi connectivity index (χ0n) is 23.9. The number of likely N-dealkylation sites (N-methyl/N-ethyl adjacent to an activating group) is 1. The summed E-state index contributed by atoms with van der Waals surface area (Å²) in [4.78, 5) is 28.3. The van der Waals surface area contributed by atoms with Gasteiger partial charge in [-0.15, -0.1) is 0 Å². The molecule has 0 radical (unpaired) electrons.